The van der Waals surface area contributed by atoms with Gasteiger partial charge in [-0.2, -0.15) is 0 Å². The average molecular weight is 391 g/mol. The number of carbonyl (C=O) groups is 1. The van der Waals surface area contributed by atoms with E-state index in [1.54, 1.807) is 36.4 Å². The highest BCUT2D eigenvalue weighted by molar-refractivity contribution is 6.35. The summed E-state index contributed by atoms with van der Waals surface area (Å²) < 4.78 is 13.6. The minimum absolute atomic E-state index is 0.235. The SMILES string of the molecule is O=C(Nc1cc(Cl)cc(Cl)c1)c1cnc(NCc2ccccc2F)nc1. The summed E-state index contributed by atoms with van der Waals surface area (Å²) in [6.07, 6.45) is 2.75. The van der Waals surface area contributed by atoms with Gasteiger partial charge in [-0.3, -0.25) is 4.79 Å². The van der Waals surface area contributed by atoms with E-state index in [0.29, 0.717) is 21.3 Å². The number of hydrogen-bond donors (Lipinski definition) is 2. The fourth-order valence-corrected chi connectivity index (χ4v) is 2.71. The lowest BCUT2D eigenvalue weighted by molar-refractivity contribution is 0.102. The molecule has 1 heterocycles. The van der Waals surface area contributed by atoms with Crippen LogP contribution in [0.3, 0.4) is 0 Å². The topological polar surface area (TPSA) is 66.9 Å². The maximum absolute atomic E-state index is 13.6. The minimum atomic E-state index is -0.399. The Kier molecular flexibility index (Phi) is 5.65. The first-order chi connectivity index (χ1) is 12.5. The van der Waals surface area contributed by atoms with Gasteiger partial charge in [-0.05, 0) is 24.3 Å². The van der Waals surface area contributed by atoms with Crippen LogP contribution in [0.5, 0.6) is 0 Å². The summed E-state index contributed by atoms with van der Waals surface area (Å²) in [6, 6.07) is 11.1. The molecule has 1 amide bonds. The third-order valence-corrected chi connectivity index (χ3v) is 3.87. The molecule has 3 aromatic rings. The van der Waals surface area contributed by atoms with Crippen LogP contribution in [0.2, 0.25) is 10.0 Å². The average Bonchev–Trinajstić information content (AvgIpc) is 2.60. The zero-order chi connectivity index (χ0) is 18.5. The molecule has 2 N–H and O–H groups in total. The van der Waals surface area contributed by atoms with Crippen LogP contribution >= 0.6 is 23.2 Å². The molecule has 0 aliphatic rings. The van der Waals surface area contributed by atoms with Gasteiger partial charge in [-0.1, -0.05) is 41.4 Å². The Hall–Kier alpha value is -2.70. The van der Waals surface area contributed by atoms with Crippen molar-refractivity contribution in [3.63, 3.8) is 0 Å². The number of nitrogens with one attached hydrogen (secondary N) is 2. The Balaban J connectivity index is 1.63. The second-order valence-electron chi connectivity index (χ2n) is 5.35. The van der Waals surface area contributed by atoms with Crippen molar-refractivity contribution < 1.29 is 9.18 Å². The summed E-state index contributed by atoms with van der Waals surface area (Å²) in [5, 5.41) is 6.40. The highest BCUT2D eigenvalue weighted by atomic mass is 35.5. The molecule has 132 valence electrons. The van der Waals surface area contributed by atoms with Gasteiger partial charge < -0.3 is 10.6 Å². The smallest absolute Gasteiger partial charge is 0.258 e. The third-order valence-electron chi connectivity index (χ3n) is 3.43. The van der Waals surface area contributed by atoms with Crippen LogP contribution in [0.25, 0.3) is 0 Å². The monoisotopic (exact) mass is 390 g/mol. The summed E-state index contributed by atoms with van der Waals surface area (Å²) >= 11 is 11.8. The predicted octanol–water partition coefficient (Wildman–Crippen LogP) is 4.79. The number of anilines is 2. The highest BCUT2D eigenvalue weighted by Gasteiger charge is 2.09. The van der Waals surface area contributed by atoms with Crippen molar-refractivity contribution in [2.24, 2.45) is 0 Å². The van der Waals surface area contributed by atoms with Crippen LogP contribution in [0.4, 0.5) is 16.0 Å². The van der Waals surface area contributed by atoms with E-state index in [1.807, 2.05) is 0 Å². The Morgan fingerprint density at radius 1 is 1.04 bits per heavy atom. The van der Waals surface area contributed by atoms with E-state index in [9.17, 15) is 9.18 Å². The van der Waals surface area contributed by atoms with Gasteiger partial charge in [0.15, 0.2) is 0 Å². The van der Waals surface area contributed by atoms with Crippen molar-refractivity contribution in [3.8, 4) is 0 Å². The second kappa shape index (κ2) is 8.12. The predicted molar refractivity (Wildman–Crippen MR) is 100 cm³/mol. The number of halogens is 3. The molecule has 0 saturated heterocycles. The minimum Gasteiger partial charge on any atom is -0.350 e. The van der Waals surface area contributed by atoms with Crippen molar-refractivity contribution in [3.05, 3.63) is 81.8 Å². The van der Waals surface area contributed by atoms with Gasteiger partial charge in [0.25, 0.3) is 5.91 Å². The maximum Gasteiger partial charge on any atom is 0.258 e. The molecule has 0 aliphatic carbocycles. The normalized spacial score (nSPS) is 10.4. The molecule has 0 bridgehead atoms. The number of nitrogens with zero attached hydrogens (tertiary/aromatic N) is 2. The van der Waals surface area contributed by atoms with Crippen molar-refractivity contribution in [1.29, 1.82) is 0 Å². The molecule has 0 aliphatic heterocycles. The largest absolute Gasteiger partial charge is 0.350 e. The molecule has 2 aromatic carbocycles. The first-order valence-corrected chi connectivity index (χ1v) is 8.33. The van der Waals surface area contributed by atoms with Crippen LogP contribution < -0.4 is 10.6 Å². The Morgan fingerprint density at radius 3 is 2.35 bits per heavy atom. The van der Waals surface area contributed by atoms with Gasteiger partial charge in [-0.15, -0.1) is 0 Å². The number of benzene rings is 2. The summed E-state index contributed by atoms with van der Waals surface area (Å²) in [6.45, 7) is 0.235. The van der Waals surface area contributed by atoms with Crippen molar-refractivity contribution in [1.82, 2.24) is 9.97 Å². The van der Waals surface area contributed by atoms with E-state index in [4.69, 9.17) is 23.2 Å². The van der Waals surface area contributed by atoms with Crippen LogP contribution in [-0.4, -0.2) is 15.9 Å². The molecule has 0 spiro atoms. The van der Waals surface area contributed by atoms with E-state index in [-0.39, 0.29) is 23.9 Å². The fourth-order valence-electron chi connectivity index (χ4n) is 2.18. The lowest BCUT2D eigenvalue weighted by Gasteiger charge is -2.08. The van der Waals surface area contributed by atoms with Crippen LogP contribution in [0.15, 0.2) is 54.9 Å². The van der Waals surface area contributed by atoms with Gasteiger partial charge in [0.05, 0.1) is 5.56 Å². The number of amides is 1. The highest BCUT2D eigenvalue weighted by Crippen LogP contribution is 2.22. The number of carbonyl (C=O) groups excluding carboxylic acids is 1. The molecule has 0 saturated carbocycles. The molecule has 8 heteroatoms. The molecule has 0 fully saturated rings. The summed E-state index contributed by atoms with van der Waals surface area (Å²) in [7, 11) is 0. The summed E-state index contributed by atoms with van der Waals surface area (Å²) in [5.41, 5.74) is 1.22. The first kappa shape index (κ1) is 18.1. The molecular weight excluding hydrogens is 378 g/mol. The summed E-state index contributed by atoms with van der Waals surface area (Å²) in [4.78, 5) is 20.4. The van der Waals surface area contributed by atoms with Crippen LogP contribution in [-0.2, 0) is 6.54 Å². The van der Waals surface area contributed by atoms with E-state index >= 15 is 0 Å². The second-order valence-corrected chi connectivity index (χ2v) is 6.23. The Bertz CT molecular complexity index is 914. The van der Waals surface area contributed by atoms with Crippen molar-refractivity contribution in [2.45, 2.75) is 6.54 Å². The van der Waals surface area contributed by atoms with Gasteiger partial charge in [0.2, 0.25) is 5.95 Å². The molecule has 0 radical (unpaired) electrons. The molecule has 26 heavy (non-hydrogen) atoms. The van der Waals surface area contributed by atoms with E-state index in [1.165, 1.54) is 18.5 Å². The number of rotatable bonds is 5. The quantitative estimate of drug-likeness (QED) is 0.657. The number of aromatic nitrogens is 2. The first-order valence-electron chi connectivity index (χ1n) is 7.58. The molecule has 0 atom stereocenters. The van der Waals surface area contributed by atoms with Gasteiger partial charge in [-0.25, -0.2) is 14.4 Å². The zero-order valence-corrected chi connectivity index (χ0v) is 14.9. The molecule has 1 aromatic heterocycles. The van der Waals surface area contributed by atoms with Crippen molar-refractivity contribution >= 4 is 40.7 Å². The maximum atomic E-state index is 13.6. The van der Waals surface area contributed by atoms with Gasteiger partial charge in [0.1, 0.15) is 5.82 Å². The van der Waals surface area contributed by atoms with Gasteiger partial charge >= 0.3 is 0 Å². The molecular formula is C18H13Cl2FN4O. The molecule has 3 rings (SSSR count). The lowest BCUT2D eigenvalue weighted by atomic mass is 10.2. The van der Waals surface area contributed by atoms with Crippen LogP contribution in [0, 0.1) is 5.82 Å². The number of hydrogen-bond acceptors (Lipinski definition) is 4. The third kappa shape index (κ3) is 4.68. The van der Waals surface area contributed by atoms with E-state index in [0.717, 1.165) is 0 Å². The van der Waals surface area contributed by atoms with Gasteiger partial charge in [0, 0.05) is 40.2 Å². The molecule has 0 unspecified atom stereocenters. The standard InChI is InChI=1S/C18H13Cl2FN4O/c19-13-5-14(20)7-15(6-13)25-17(26)12-9-23-18(24-10-12)22-8-11-3-1-2-4-16(11)21/h1-7,9-10H,8H2,(H,25,26)(H,22,23,24). The van der Waals surface area contributed by atoms with Crippen LogP contribution in [0.1, 0.15) is 15.9 Å². The Morgan fingerprint density at radius 2 is 1.69 bits per heavy atom. The van der Waals surface area contributed by atoms with E-state index < -0.39 is 5.91 Å². The fraction of sp³-hybridized carbons (Fsp3) is 0.0556. The lowest BCUT2D eigenvalue weighted by Crippen LogP contribution is -2.13. The van der Waals surface area contributed by atoms with E-state index in [2.05, 4.69) is 20.6 Å². The summed E-state index contributed by atoms with van der Waals surface area (Å²) in [5.74, 6) is -0.421. The molecule has 5 nitrogen and oxygen atoms in total. The Labute approximate surface area is 159 Å². The van der Waals surface area contributed by atoms with Crippen molar-refractivity contribution in [2.75, 3.05) is 10.6 Å². The zero-order valence-electron chi connectivity index (χ0n) is 13.3.